The Labute approximate surface area is 146 Å². The number of ether oxygens (including phenoxy) is 2. The van der Waals surface area contributed by atoms with Crippen molar-refractivity contribution < 1.29 is 14.3 Å². The maximum Gasteiger partial charge on any atom is 0.317 e. The van der Waals surface area contributed by atoms with Gasteiger partial charge >= 0.3 is 6.03 Å². The summed E-state index contributed by atoms with van der Waals surface area (Å²) in [5, 5.41) is 3.27. The third-order valence-corrected chi connectivity index (χ3v) is 5.96. The lowest BCUT2D eigenvalue weighted by Gasteiger charge is -2.35. The zero-order valence-electron chi connectivity index (χ0n) is 15.2. The second-order valence-corrected chi connectivity index (χ2v) is 7.74. The lowest BCUT2D eigenvalue weighted by Crippen LogP contribution is -2.50. The second kappa shape index (κ2) is 9.04. The van der Waals surface area contributed by atoms with Crippen molar-refractivity contribution in [2.24, 2.45) is 5.92 Å². The van der Waals surface area contributed by atoms with Crippen molar-refractivity contribution in [2.45, 2.75) is 83.0 Å². The summed E-state index contributed by atoms with van der Waals surface area (Å²) in [5.41, 5.74) is 0. The summed E-state index contributed by atoms with van der Waals surface area (Å²) in [6.45, 7) is 5.48. The van der Waals surface area contributed by atoms with Gasteiger partial charge in [-0.3, -0.25) is 0 Å². The van der Waals surface area contributed by atoms with Gasteiger partial charge in [-0.15, -0.1) is 0 Å². The summed E-state index contributed by atoms with van der Waals surface area (Å²) >= 11 is 0. The highest BCUT2D eigenvalue weighted by Crippen LogP contribution is 2.27. The third-order valence-electron chi connectivity index (χ3n) is 5.96. The van der Waals surface area contributed by atoms with Crippen LogP contribution in [-0.4, -0.2) is 55.5 Å². The second-order valence-electron chi connectivity index (χ2n) is 7.74. The number of carbonyl (C=O) groups excluding carboxylic acids is 1. The van der Waals surface area contributed by atoms with E-state index in [0.717, 1.165) is 70.7 Å². The van der Waals surface area contributed by atoms with Crippen LogP contribution >= 0.6 is 0 Å². The van der Waals surface area contributed by atoms with Crippen LogP contribution in [0.25, 0.3) is 0 Å². The van der Waals surface area contributed by atoms with E-state index in [9.17, 15) is 4.79 Å². The first-order valence-electron chi connectivity index (χ1n) is 10.0. The molecular formula is C19H34N2O3. The number of nitrogens with zero attached hydrogens (tertiary/aromatic N) is 1. The van der Waals surface area contributed by atoms with Crippen LogP contribution in [0.4, 0.5) is 4.79 Å². The first-order valence-corrected chi connectivity index (χ1v) is 10.0. The molecule has 0 spiro atoms. The van der Waals surface area contributed by atoms with Gasteiger partial charge < -0.3 is 19.7 Å². The van der Waals surface area contributed by atoms with Crippen LogP contribution in [0, 0.1) is 5.92 Å². The predicted molar refractivity (Wildman–Crippen MR) is 94.1 cm³/mol. The molecule has 5 heteroatoms. The lowest BCUT2D eigenvalue weighted by molar-refractivity contribution is -0.0382. The highest BCUT2D eigenvalue weighted by Gasteiger charge is 2.27. The fourth-order valence-corrected chi connectivity index (χ4v) is 4.30. The molecule has 3 fully saturated rings. The number of carbonyl (C=O) groups is 1. The maximum atomic E-state index is 12.5. The lowest BCUT2D eigenvalue weighted by atomic mass is 9.84. The van der Waals surface area contributed by atoms with Crippen molar-refractivity contribution in [1.29, 1.82) is 0 Å². The Bertz CT molecular complexity index is 390. The fourth-order valence-electron chi connectivity index (χ4n) is 4.30. The number of nitrogens with one attached hydrogen (secondary N) is 1. The molecule has 0 radical (unpaired) electrons. The first-order chi connectivity index (χ1) is 11.7. The van der Waals surface area contributed by atoms with Gasteiger partial charge in [-0.05, 0) is 44.4 Å². The molecule has 1 aliphatic carbocycles. The molecule has 5 nitrogen and oxygen atoms in total. The minimum Gasteiger partial charge on any atom is -0.376 e. The SMILES string of the molecule is CC[C@@H]1CCC[C@H](NC(=O)N2CCC(OC[C@@H]3CCCO3)CC2)C1. The molecule has 2 heterocycles. The summed E-state index contributed by atoms with van der Waals surface area (Å²) in [7, 11) is 0. The minimum absolute atomic E-state index is 0.134. The number of amides is 2. The van der Waals surface area contributed by atoms with Crippen molar-refractivity contribution in [3.05, 3.63) is 0 Å². The molecule has 0 aromatic carbocycles. The van der Waals surface area contributed by atoms with E-state index in [1.807, 2.05) is 4.90 Å². The van der Waals surface area contributed by atoms with Crippen molar-refractivity contribution in [1.82, 2.24) is 10.2 Å². The molecule has 0 aromatic heterocycles. The molecule has 24 heavy (non-hydrogen) atoms. The van der Waals surface area contributed by atoms with E-state index >= 15 is 0 Å². The Balaban J connectivity index is 1.34. The van der Waals surface area contributed by atoms with Gasteiger partial charge in [0.15, 0.2) is 0 Å². The smallest absolute Gasteiger partial charge is 0.317 e. The maximum absolute atomic E-state index is 12.5. The fraction of sp³-hybridized carbons (Fsp3) is 0.947. The van der Waals surface area contributed by atoms with E-state index in [1.54, 1.807) is 0 Å². The number of likely N-dealkylation sites (tertiary alicyclic amines) is 1. The molecule has 0 bridgehead atoms. The van der Waals surface area contributed by atoms with Gasteiger partial charge in [0.2, 0.25) is 0 Å². The number of rotatable bonds is 5. The number of hydrogen-bond donors (Lipinski definition) is 1. The van der Waals surface area contributed by atoms with Gasteiger partial charge in [0, 0.05) is 25.7 Å². The molecule has 3 rings (SSSR count). The van der Waals surface area contributed by atoms with Gasteiger partial charge in [-0.1, -0.05) is 26.2 Å². The monoisotopic (exact) mass is 338 g/mol. The zero-order chi connectivity index (χ0) is 16.8. The Morgan fingerprint density at radius 3 is 2.71 bits per heavy atom. The summed E-state index contributed by atoms with van der Waals surface area (Å²) in [5.74, 6) is 0.793. The molecule has 2 aliphatic heterocycles. The molecule has 0 aromatic rings. The van der Waals surface area contributed by atoms with E-state index in [0.29, 0.717) is 12.1 Å². The van der Waals surface area contributed by atoms with Gasteiger partial charge in [-0.25, -0.2) is 4.79 Å². The van der Waals surface area contributed by atoms with E-state index in [1.165, 1.54) is 19.3 Å². The summed E-state index contributed by atoms with van der Waals surface area (Å²) in [6.07, 6.45) is 10.9. The Hall–Kier alpha value is -0.810. The van der Waals surface area contributed by atoms with Gasteiger partial charge in [0.05, 0.1) is 18.8 Å². The standard InChI is InChI=1S/C19H34N2O3/c1-2-15-5-3-6-16(13-15)20-19(22)21-10-8-17(9-11-21)24-14-18-7-4-12-23-18/h15-18H,2-14H2,1H3,(H,20,22)/t15-,16+,18+/m1/s1. The van der Waals surface area contributed by atoms with Crippen LogP contribution in [0.2, 0.25) is 0 Å². The van der Waals surface area contributed by atoms with Gasteiger partial charge in [0.1, 0.15) is 0 Å². The molecule has 3 atom stereocenters. The Kier molecular flexibility index (Phi) is 6.78. The van der Waals surface area contributed by atoms with Crippen LogP contribution in [-0.2, 0) is 9.47 Å². The third kappa shape index (κ3) is 5.09. The van der Waals surface area contributed by atoms with E-state index in [-0.39, 0.29) is 12.1 Å². The van der Waals surface area contributed by atoms with Crippen LogP contribution < -0.4 is 5.32 Å². The van der Waals surface area contributed by atoms with Crippen molar-refractivity contribution in [3.63, 3.8) is 0 Å². The van der Waals surface area contributed by atoms with Gasteiger partial charge in [0.25, 0.3) is 0 Å². The van der Waals surface area contributed by atoms with Crippen LogP contribution in [0.5, 0.6) is 0 Å². The molecule has 2 amide bonds. The van der Waals surface area contributed by atoms with E-state index < -0.39 is 0 Å². The molecule has 3 aliphatic rings. The van der Waals surface area contributed by atoms with Crippen LogP contribution in [0.15, 0.2) is 0 Å². The van der Waals surface area contributed by atoms with Crippen LogP contribution in [0.1, 0.15) is 64.7 Å². The minimum atomic E-state index is 0.134. The van der Waals surface area contributed by atoms with Gasteiger partial charge in [-0.2, -0.15) is 0 Å². The predicted octanol–water partition coefficient (Wildman–Crippen LogP) is 3.32. The average Bonchev–Trinajstić information content (AvgIpc) is 3.14. The molecule has 2 saturated heterocycles. The average molecular weight is 338 g/mol. The zero-order valence-corrected chi connectivity index (χ0v) is 15.2. The highest BCUT2D eigenvalue weighted by molar-refractivity contribution is 5.74. The first kappa shape index (κ1) is 18.0. The molecule has 1 N–H and O–H groups in total. The molecular weight excluding hydrogens is 304 g/mol. The number of hydrogen-bond acceptors (Lipinski definition) is 3. The highest BCUT2D eigenvalue weighted by atomic mass is 16.5. The molecule has 138 valence electrons. The summed E-state index contributed by atoms with van der Waals surface area (Å²) in [6, 6.07) is 0.513. The normalized spacial score (nSPS) is 32.0. The van der Waals surface area contributed by atoms with Crippen molar-refractivity contribution >= 4 is 6.03 Å². The number of urea groups is 1. The Morgan fingerprint density at radius 2 is 2.00 bits per heavy atom. The summed E-state index contributed by atoms with van der Waals surface area (Å²) in [4.78, 5) is 14.5. The van der Waals surface area contributed by atoms with Crippen molar-refractivity contribution in [2.75, 3.05) is 26.3 Å². The van der Waals surface area contributed by atoms with E-state index in [2.05, 4.69) is 12.2 Å². The van der Waals surface area contributed by atoms with Crippen LogP contribution in [0.3, 0.4) is 0 Å². The topological polar surface area (TPSA) is 50.8 Å². The van der Waals surface area contributed by atoms with E-state index in [4.69, 9.17) is 9.47 Å². The number of piperidine rings is 1. The summed E-state index contributed by atoms with van der Waals surface area (Å²) < 4.78 is 11.6. The van der Waals surface area contributed by atoms with Crippen molar-refractivity contribution in [3.8, 4) is 0 Å². The molecule has 1 saturated carbocycles. The Morgan fingerprint density at radius 1 is 1.17 bits per heavy atom. The largest absolute Gasteiger partial charge is 0.376 e. The quantitative estimate of drug-likeness (QED) is 0.836. The molecule has 0 unspecified atom stereocenters.